The van der Waals surface area contributed by atoms with Crippen LogP contribution in [-0.2, 0) is 0 Å². The van der Waals surface area contributed by atoms with Crippen LogP contribution in [-0.4, -0.2) is 34.6 Å². The van der Waals surface area contributed by atoms with Crippen molar-refractivity contribution < 1.29 is 0 Å². The highest BCUT2D eigenvalue weighted by Gasteiger charge is 2.31. The van der Waals surface area contributed by atoms with Gasteiger partial charge >= 0.3 is 0 Å². The molecule has 0 aromatic heterocycles. The van der Waals surface area contributed by atoms with Gasteiger partial charge in [-0.05, 0) is 25.3 Å². The van der Waals surface area contributed by atoms with Crippen molar-refractivity contribution in [3.63, 3.8) is 0 Å². The van der Waals surface area contributed by atoms with Crippen LogP contribution < -0.4 is 5.32 Å². The monoisotopic (exact) mass is 317 g/mol. The lowest BCUT2D eigenvalue weighted by Crippen LogP contribution is -2.45. The van der Waals surface area contributed by atoms with Gasteiger partial charge in [0.05, 0.1) is 0 Å². The molecule has 0 aromatic carbocycles. The molecule has 1 nitrogen and oxygen atoms in total. The molecule has 0 bridgehead atoms. The standard InChI is InChI=1S/C17H35NS2/c1-5-8-9-15(7-3)13-16(18-10-6-2)17-14(4)19-11-12-20-17/h14-18H,5-13H2,1-4H3. The van der Waals surface area contributed by atoms with E-state index in [1.807, 2.05) is 0 Å². The zero-order valence-corrected chi connectivity index (χ0v) is 15.6. The molecular weight excluding hydrogens is 282 g/mol. The summed E-state index contributed by atoms with van der Waals surface area (Å²) in [4.78, 5) is 0. The molecule has 120 valence electrons. The molecule has 0 aliphatic carbocycles. The third-order valence-corrected chi connectivity index (χ3v) is 7.67. The molecule has 0 saturated carbocycles. The number of unbranched alkanes of at least 4 members (excludes halogenated alkanes) is 1. The normalized spacial score (nSPS) is 26.4. The van der Waals surface area contributed by atoms with Crippen molar-refractivity contribution in [3.05, 3.63) is 0 Å². The minimum absolute atomic E-state index is 0.726. The number of hydrogen-bond donors (Lipinski definition) is 1. The van der Waals surface area contributed by atoms with Gasteiger partial charge in [0.25, 0.3) is 0 Å². The first kappa shape index (κ1) is 18.7. The van der Waals surface area contributed by atoms with Gasteiger partial charge in [0.15, 0.2) is 0 Å². The Bertz CT molecular complexity index is 235. The lowest BCUT2D eigenvalue weighted by Gasteiger charge is -2.36. The van der Waals surface area contributed by atoms with Gasteiger partial charge in [-0.25, -0.2) is 0 Å². The van der Waals surface area contributed by atoms with E-state index in [-0.39, 0.29) is 0 Å². The van der Waals surface area contributed by atoms with Crippen molar-refractivity contribution in [3.8, 4) is 0 Å². The van der Waals surface area contributed by atoms with E-state index in [1.165, 1.54) is 56.6 Å². The second-order valence-electron chi connectivity index (χ2n) is 6.12. The fourth-order valence-electron chi connectivity index (χ4n) is 3.10. The highest BCUT2D eigenvalue weighted by Crippen LogP contribution is 2.35. The van der Waals surface area contributed by atoms with Crippen molar-refractivity contribution in [2.45, 2.75) is 82.8 Å². The molecule has 3 heteroatoms. The Hall–Kier alpha value is 0.660. The number of nitrogens with one attached hydrogen (secondary N) is 1. The number of rotatable bonds is 10. The molecular formula is C17H35NS2. The SMILES string of the molecule is CCCCC(CC)CC(NCCC)C1SCCSC1C. The van der Waals surface area contributed by atoms with Gasteiger partial charge in [-0.1, -0.05) is 53.4 Å². The summed E-state index contributed by atoms with van der Waals surface area (Å²) in [6.45, 7) is 10.6. The van der Waals surface area contributed by atoms with Crippen molar-refractivity contribution >= 4 is 23.5 Å². The summed E-state index contributed by atoms with van der Waals surface area (Å²) in [6, 6.07) is 0.726. The third kappa shape index (κ3) is 6.62. The molecule has 1 N–H and O–H groups in total. The minimum atomic E-state index is 0.726. The van der Waals surface area contributed by atoms with Crippen LogP contribution in [0.4, 0.5) is 0 Å². The average molecular weight is 318 g/mol. The van der Waals surface area contributed by atoms with Crippen LogP contribution in [0.25, 0.3) is 0 Å². The first-order valence-corrected chi connectivity index (χ1v) is 10.8. The molecule has 4 atom stereocenters. The molecule has 0 aromatic rings. The molecule has 20 heavy (non-hydrogen) atoms. The van der Waals surface area contributed by atoms with Crippen molar-refractivity contribution in [1.29, 1.82) is 0 Å². The maximum Gasteiger partial charge on any atom is 0.0317 e. The quantitative estimate of drug-likeness (QED) is 0.595. The number of hydrogen-bond acceptors (Lipinski definition) is 3. The molecule has 0 spiro atoms. The molecule has 1 fully saturated rings. The van der Waals surface area contributed by atoms with Crippen molar-refractivity contribution in [2.24, 2.45) is 5.92 Å². The zero-order valence-electron chi connectivity index (χ0n) is 14.0. The summed E-state index contributed by atoms with van der Waals surface area (Å²) < 4.78 is 0. The van der Waals surface area contributed by atoms with Gasteiger partial charge < -0.3 is 5.32 Å². The number of thioether (sulfide) groups is 2. The van der Waals surface area contributed by atoms with E-state index in [0.717, 1.165) is 22.5 Å². The maximum absolute atomic E-state index is 3.88. The van der Waals surface area contributed by atoms with Crippen LogP contribution in [0.15, 0.2) is 0 Å². The van der Waals surface area contributed by atoms with Gasteiger partial charge in [0, 0.05) is 28.0 Å². The van der Waals surface area contributed by atoms with Gasteiger partial charge in [-0.3, -0.25) is 0 Å². The molecule has 1 saturated heterocycles. The Kier molecular flexibility index (Phi) is 10.5. The van der Waals surface area contributed by atoms with Gasteiger partial charge in [0.2, 0.25) is 0 Å². The fraction of sp³-hybridized carbons (Fsp3) is 1.00. The van der Waals surface area contributed by atoms with E-state index < -0.39 is 0 Å². The Balaban J connectivity index is 2.56. The van der Waals surface area contributed by atoms with E-state index >= 15 is 0 Å². The largest absolute Gasteiger partial charge is 0.313 e. The molecule has 0 radical (unpaired) electrons. The van der Waals surface area contributed by atoms with Gasteiger partial charge in [0.1, 0.15) is 0 Å². The zero-order chi connectivity index (χ0) is 14.8. The summed E-state index contributed by atoms with van der Waals surface area (Å²) in [5.74, 6) is 3.61. The highest BCUT2D eigenvalue weighted by atomic mass is 32.2. The van der Waals surface area contributed by atoms with Crippen LogP contribution >= 0.6 is 23.5 Å². The minimum Gasteiger partial charge on any atom is -0.313 e. The van der Waals surface area contributed by atoms with E-state index in [1.54, 1.807) is 0 Å². The summed E-state index contributed by atoms with van der Waals surface area (Å²) in [7, 11) is 0. The molecule has 1 heterocycles. The summed E-state index contributed by atoms with van der Waals surface area (Å²) in [5, 5.41) is 5.50. The third-order valence-electron chi connectivity index (χ3n) is 4.42. The Morgan fingerprint density at radius 3 is 2.45 bits per heavy atom. The summed E-state index contributed by atoms with van der Waals surface area (Å²) in [5.41, 5.74) is 0. The van der Waals surface area contributed by atoms with Crippen molar-refractivity contribution in [2.75, 3.05) is 18.1 Å². The van der Waals surface area contributed by atoms with Crippen LogP contribution in [0.1, 0.15) is 66.2 Å². The van der Waals surface area contributed by atoms with Gasteiger partial charge in [-0.2, -0.15) is 23.5 Å². The lowest BCUT2D eigenvalue weighted by atomic mass is 9.90. The topological polar surface area (TPSA) is 12.0 Å². The summed E-state index contributed by atoms with van der Waals surface area (Å²) in [6.07, 6.45) is 8.16. The second-order valence-corrected chi connectivity index (χ2v) is 8.90. The van der Waals surface area contributed by atoms with Crippen LogP contribution in [0.2, 0.25) is 0 Å². The van der Waals surface area contributed by atoms with Gasteiger partial charge in [-0.15, -0.1) is 0 Å². The summed E-state index contributed by atoms with van der Waals surface area (Å²) >= 11 is 4.40. The second kappa shape index (κ2) is 11.3. The molecule has 0 amide bonds. The van der Waals surface area contributed by atoms with Crippen LogP contribution in [0.5, 0.6) is 0 Å². The fourth-order valence-corrected chi connectivity index (χ4v) is 6.07. The van der Waals surface area contributed by atoms with E-state index in [4.69, 9.17) is 0 Å². The van der Waals surface area contributed by atoms with Crippen molar-refractivity contribution in [1.82, 2.24) is 5.32 Å². The van der Waals surface area contributed by atoms with E-state index in [9.17, 15) is 0 Å². The maximum atomic E-state index is 3.88. The smallest absolute Gasteiger partial charge is 0.0317 e. The predicted molar refractivity (Wildman–Crippen MR) is 98.2 cm³/mol. The Morgan fingerprint density at radius 2 is 1.85 bits per heavy atom. The van der Waals surface area contributed by atoms with Crippen LogP contribution in [0, 0.1) is 5.92 Å². The van der Waals surface area contributed by atoms with Crippen LogP contribution in [0.3, 0.4) is 0 Å². The lowest BCUT2D eigenvalue weighted by molar-refractivity contribution is 0.342. The highest BCUT2D eigenvalue weighted by molar-refractivity contribution is 8.07. The first-order valence-electron chi connectivity index (χ1n) is 8.69. The van der Waals surface area contributed by atoms with E-state index in [0.29, 0.717) is 0 Å². The first-order chi connectivity index (χ1) is 9.72. The average Bonchev–Trinajstić information content (AvgIpc) is 2.47. The molecule has 4 unspecified atom stereocenters. The molecule has 1 aliphatic rings. The van der Waals surface area contributed by atoms with E-state index in [2.05, 4.69) is 56.5 Å². The Morgan fingerprint density at radius 1 is 1.10 bits per heavy atom. The molecule has 1 rings (SSSR count). The molecule has 1 aliphatic heterocycles. The predicted octanol–water partition coefficient (Wildman–Crippen LogP) is 5.20. The Labute approximate surface area is 135 Å².